The van der Waals surface area contributed by atoms with Gasteiger partial charge in [0.15, 0.2) is 0 Å². The van der Waals surface area contributed by atoms with Gasteiger partial charge < -0.3 is 10.4 Å². The zero-order valence-corrected chi connectivity index (χ0v) is 19.1. The minimum absolute atomic E-state index is 0.0320. The van der Waals surface area contributed by atoms with Gasteiger partial charge in [-0.15, -0.1) is 0 Å². The second-order valence-corrected chi connectivity index (χ2v) is 7.98. The summed E-state index contributed by atoms with van der Waals surface area (Å²) in [5, 5.41) is 12.7. The molecule has 0 atom stereocenters. The van der Waals surface area contributed by atoms with Crippen molar-refractivity contribution < 1.29 is 9.90 Å². The van der Waals surface area contributed by atoms with E-state index in [0.29, 0.717) is 13.0 Å². The number of anilines is 1. The first-order chi connectivity index (χ1) is 15.7. The lowest BCUT2D eigenvalue weighted by Gasteiger charge is -2.32. The van der Waals surface area contributed by atoms with Crippen LogP contribution in [0, 0.1) is 0 Å². The predicted octanol–water partition coefficient (Wildman–Crippen LogP) is 5.22. The average Bonchev–Trinajstić information content (AvgIpc) is 2.84. The minimum atomic E-state index is -0.0678. The summed E-state index contributed by atoms with van der Waals surface area (Å²) in [7, 11) is 0. The van der Waals surface area contributed by atoms with Crippen molar-refractivity contribution in [3.63, 3.8) is 0 Å². The first-order valence-corrected chi connectivity index (χ1v) is 11.5. The van der Waals surface area contributed by atoms with Crippen molar-refractivity contribution in [2.75, 3.05) is 25.0 Å². The fourth-order valence-corrected chi connectivity index (χ4v) is 4.22. The smallest absolute Gasteiger partial charge is 0.238 e. The van der Waals surface area contributed by atoms with Crippen LogP contribution in [0.15, 0.2) is 78.9 Å². The van der Waals surface area contributed by atoms with E-state index in [-0.39, 0.29) is 25.1 Å². The fourth-order valence-electron chi connectivity index (χ4n) is 4.22. The number of amides is 1. The normalized spacial score (nSPS) is 11.2. The first kappa shape index (κ1) is 23.7. The Morgan fingerprint density at radius 1 is 0.844 bits per heavy atom. The van der Waals surface area contributed by atoms with E-state index in [9.17, 15) is 9.90 Å². The van der Waals surface area contributed by atoms with Crippen LogP contribution in [-0.4, -0.2) is 35.6 Å². The lowest BCUT2D eigenvalue weighted by molar-refractivity contribution is -0.117. The number of hydrogen-bond acceptors (Lipinski definition) is 3. The molecule has 4 heteroatoms. The van der Waals surface area contributed by atoms with Crippen molar-refractivity contribution in [1.29, 1.82) is 0 Å². The summed E-state index contributed by atoms with van der Waals surface area (Å²) in [5.41, 5.74) is 5.52. The molecule has 3 rings (SSSR count). The van der Waals surface area contributed by atoms with Crippen LogP contribution in [0.1, 0.15) is 48.6 Å². The van der Waals surface area contributed by atoms with Crippen molar-refractivity contribution in [3.8, 4) is 0 Å². The standard InChI is InChI=1S/C28H34N2O2/c1-3-22-17-11-18-23(4-2)27(22)29-26(32)21-30(19-12-20-31)28(24-13-7-5-8-14-24)25-15-9-6-10-16-25/h5-11,13-18,28,31H,3-4,12,19-21H2,1-2H3,(H,29,32). The second kappa shape index (κ2) is 12.2. The Morgan fingerprint density at radius 3 is 1.84 bits per heavy atom. The number of rotatable bonds is 11. The number of aryl methyl sites for hydroxylation is 2. The predicted molar refractivity (Wildman–Crippen MR) is 132 cm³/mol. The third-order valence-electron chi connectivity index (χ3n) is 5.81. The van der Waals surface area contributed by atoms with Gasteiger partial charge in [0.1, 0.15) is 0 Å². The van der Waals surface area contributed by atoms with Crippen LogP contribution in [0.25, 0.3) is 0 Å². The van der Waals surface area contributed by atoms with Gasteiger partial charge in [-0.25, -0.2) is 0 Å². The lowest BCUT2D eigenvalue weighted by atomic mass is 9.96. The monoisotopic (exact) mass is 430 g/mol. The van der Waals surface area contributed by atoms with E-state index >= 15 is 0 Å². The second-order valence-electron chi connectivity index (χ2n) is 7.98. The number of aliphatic hydroxyl groups is 1. The summed E-state index contributed by atoms with van der Waals surface area (Å²) >= 11 is 0. The number of hydrogen-bond donors (Lipinski definition) is 2. The maximum absolute atomic E-state index is 13.3. The van der Waals surface area contributed by atoms with Crippen LogP contribution in [0.4, 0.5) is 5.69 Å². The van der Waals surface area contributed by atoms with Gasteiger partial charge in [0.25, 0.3) is 0 Å². The molecule has 0 unspecified atom stereocenters. The minimum Gasteiger partial charge on any atom is -0.396 e. The van der Waals surface area contributed by atoms with E-state index in [1.165, 1.54) is 0 Å². The van der Waals surface area contributed by atoms with Gasteiger partial charge in [0.2, 0.25) is 5.91 Å². The van der Waals surface area contributed by atoms with Crippen molar-refractivity contribution in [2.45, 2.75) is 39.2 Å². The van der Waals surface area contributed by atoms with Crippen molar-refractivity contribution in [3.05, 3.63) is 101 Å². The topological polar surface area (TPSA) is 52.6 Å². The molecule has 0 aliphatic heterocycles. The van der Waals surface area contributed by atoms with E-state index < -0.39 is 0 Å². The number of para-hydroxylation sites is 1. The highest BCUT2D eigenvalue weighted by molar-refractivity contribution is 5.94. The van der Waals surface area contributed by atoms with E-state index in [1.807, 2.05) is 36.4 Å². The van der Waals surface area contributed by atoms with Crippen molar-refractivity contribution in [1.82, 2.24) is 4.90 Å². The summed E-state index contributed by atoms with van der Waals surface area (Å²) in [4.78, 5) is 15.4. The van der Waals surface area contributed by atoms with Gasteiger partial charge in [0.05, 0.1) is 12.6 Å². The molecule has 3 aromatic carbocycles. The summed E-state index contributed by atoms with van der Waals surface area (Å²) in [6.45, 7) is 5.18. The summed E-state index contributed by atoms with van der Waals surface area (Å²) in [5.74, 6) is -0.0320. The molecule has 0 aromatic heterocycles. The third kappa shape index (κ3) is 6.06. The van der Waals surface area contributed by atoms with Gasteiger partial charge in [-0.3, -0.25) is 9.69 Å². The van der Waals surface area contributed by atoms with Crippen LogP contribution in [0.3, 0.4) is 0 Å². The highest BCUT2D eigenvalue weighted by atomic mass is 16.3. The molecule has 3 aromatic rings. The van der Waals surface area contributed by atoms with Gasteiger partial charge in [-0.1, -0.05) is 92.7 Å². The third-order valence-corrected chi connectivity index (χ3v) is 5.81. The first-order valence-electron chi connectivity index (χ1n) is 11.5. The molecule has 0 aliphatic carbocycles. The summed E-state index contributed by atoms with van der Waals surface area (Å²) < 4.78 is 0. The Hall–Kier alpha value is -2.95. The molecule has 1 amide bonds. The van der Waals surface area contributed by atoms with Crippen LogP contribution < -0.4 is 5.32 Å². The number of carbonyl (C=O) groups is 1. The van der Waals surface area contributed by atoms with Crippen LogP contribution in [-0.2, 0) is 17.6 Å². The Morgan fingerprint density at radius 2 is 1.38 bits per heavy atom. The number of nitrogens with zero attached hydrogens (tertiary/aromatic N) is 1. The molecule has 2 N–H and O–H groups in total. The zero-order valence-electron chi connectivity index (χ0n) is 19.1. The number of benzene rings is 3. The van der Waals surface area contributed by atoms with Crippen molar-refractivity contribution in [2.24, 2.45) is 0 Å². The molecule has 4 nitrogen and oxygen atoms in total. The van der Waals surface area contributed by atoms with Gasteiger partial charge in [-0.05, 0) is 41.5 Å². The Kier molecular flexibility index (Phi) is 9.02. The summed E-state index contributed by atoms with van der Waals surface area (Å²) in [6.07, 6.45) is 2.35. The maximum atomic E-state index is 13.3. The van der Waals surface area contributed by atoms with Gasteiger partial charge in [-0.2, -0.15) is 0 Å². The quantitative estimate of drug-likeness (QED) is 0.438. The molecule has 0 fully saturated rings. The molecule has 0 heterocycles. The largest absolute Gasteiger partial charge is 0.396 e. The van der Waals surface area contributed by atoms with E-state index in [1.54, 1.807) is 0 Å². The molecular weight excluding hydrogens is 396 g/mol. The number of aliphatic hydroxyl groups excluding tert-OH is 1. The van der Waals surface area contributed by atoms with Gasteiger partial charge in [0, 0.05) is 18.8 Å². The molecule has 32 heavy (non-hydrogen) atoms. The Bertz CT molecular complexity index is 911. The van der Waals surface area contributed by atoms with Crippen LogP contribution in [0.5, 0.6) is 0 Å². The molecule has 0 aliphatic rings. The van der Waals surface area contributed by atoms with Crippen LogP contribution >= 0.6 is 0 Å². The highest BCUT2D eigenvalue weighted by Gasteiger charge is 2.24. The Labute approximate surface area is 191 Å². The molecule has 0 saturated heterocycles. The van der Waals surface area contributed by atoms with E-state index in [2.05, 4.69) is 66.5 Å². The molecule has 0 spiro atoms. The maximum Gasteiger partial charge on any atom is 0.238 e. The van der Waals surface area contributed by atoms with Gasteiger partial charge >= 0.3 is 0 Å². The average molecular weight is 431 g/mol. The zero-order chi connectivity index (χ0) is 22.8. The number of nitrogens with one attached hydrogen (secondary N) is 1. The lowest BCUT2D eigenvalue weighted by Crippen LogP contribution is -2.38. The number of carbonyl (C=O) groups excluding carboxylic acids is 1. The molecule has 0 radical (unpaired) electrons. The summed E-state index contributed by atoms with van der Waals surface area (Å²) in [6, 6.07) is 26.7. The van der Waals surface area contributed by atoms with Crippen LogP contribution in [0.2, 0.25) is 0 Å². The van der Waals surface area contributed by atoms with Crippen molar-refractivity contribution >= 4 is 11.6 Å². The van der Waals surface area contributed by atoms with E-state index in [0.717, 1.165) is 40.8 Å². The molecule has 168 valence electrons. The fraction of sp³-hybridized carbons (Fsp3) is 0.321. The molecular formula is C28H34N2O2. The highest BCUT2D eigenvalue weighted by Crippen LogP contribution is 2.29. The van der Waals surface area contributed by atoms with E-state index in [4.69, 9.17) is 0 Å². The Balaban J connectivity index is 1.91. The SMILES string of the molecule is CCc1cccc(CC)c1NC(=O)CN(CCCO)C(c1ccccc1)c1ccccc1. The molecule has 0 saturated carbocycles. The molecule has 0 bridgehead atoms.